The number of benzene rings is 1. The minimum atomic E-state index is 0.0595. The van der Waals surface area contributed by atoms with Gasteiger partial charge in [0.1, 0.15) is 0 Å². The highest BCUT2D eigenvalue weighted by molar-refractivity contribution is 6.24. The molecule has 0 aromatic heterocycles. The number of rotatable bonds is 1. The Morgan fingerprint density at radius 1 is 1.12 bits per heavy atom. The zero-order chi connectivity index (χ0) is 11.7. The van der Waals surface area contributed by atoms with E-state index in [2.05, 4.69) is 35.6 Å². The lowest BCUT2D eigenvalue weighted by molar-refractivity contribution is 0.157. The zero-order valence-electron chi connectivity index (χ0n) is 10.2. The van der Waals surface area contributed by atoms with Crippen molar-refractivity contribution in [2.24, 2.45) is 5.92 Å². The molecular weight excluding hydrogens is 230 g/mol. The molecule has 1 aromatic rings. The van der Waals surface area contributed by atoms with E-state index in [0.29, 0.717) is 12.0 Å². The zero-order valence-corrected chi connectivity index (χ0v) is 10.9. The van der Waals surface area contributed by atoms with E-state index in [-0.39, 0.29) is 4.87 Å². The molecule has 1 aliphatic carbocycles. The molecule has 92 valence electrons. The standard InChI is InChI=1S/C15H20ClN/c16-15-9-5-4-8-13(15)14(17-11-10-15)12-6-2-1-3-7-12/h1-3,6-7,13-14,17H,4-5,8-11H2/t13-,14+,15+/m1/s1. The maximum absolute atomic E-state index is 6.88. The van der Waals surface area contributed by atoms with Crippen molar-refractivity contribution in [1.82, 2.24) is 5.32 Å². The lowest BCUT2D eigenvalue weighted by Gasteiger charge is -2.48. The van der Waals surface area contributed by atoms with Gasteiger partial charge < -0.3 is 5.32 Å². The van der Waals surface area contributed by atoms with Crippen LogP contribution < -0.4 is 5.32 Å². The predicted molar refractivity (Wildman–Crippen MR) is 72.3 cm³/mol. The van der Waals surface area contributed by atoms with Gasteiger partial charge in [-0.3, -0.25) is 0 Å². The smallest absolute Gasteiger partial charge is 0.0505 e. The summed E-state index contributed by atoms with van der Waals surface area (Å²) in [6, 6.07) is 11.3. The lowest BCUT2D eigenvalue weighted by Crippen LogP contribution is -2.50. The van der Waals surface area contributed by atoms with Crippen LogP contribution in [0.5, 0.6) is 0 Å². The van der Waals surface area contributed by atoms with Crippen LogP contribution in [0.4, 0.5) is 0 Å². The summed E-state index contributed by atoms with van der Waals surface area (Å²) >= 11 is 6.88. The average molecular weight is 250 g/mol. The van der Waals surface area contributed by atoms with Crippen molar-refractivity contribution in [3.63, 3.8) is 0 Å². The molecule has 0 bridgehead atoms. The summed E-state index contributed by atoms with van der Waals surface area (Å²) in [5.41, 5.74) is 1.41. The fraction of sp³-hybridized carbons (Fsp3) is 0.600. The molecule has 2 heteroatoms. The second-order valence-corrected chi connectivity index (χ2v) is 6.23. The molecule has 0 unspecified atom stereocenters. The summed E-state index contributed by atoms with van der Waals surface area (Å²) in [7, 11) is 0. The Balaban J connectivity index is 1.89. The van der Waals surface area contributed by atoms with Gasteiger partial charge >= 0.3 is 0 Å². The van der Waals surface area contributed by atoms with E-state index in [4.69, 9.17) is 11.6 Å². The SMILES string of the molecule is Cl[C@]12CCCC[C@@H]1[C@H](c1ccccc1)NCC2. The van der Waals surface area contributed by atoms with E-state index in [9.17, 15) is 0 Å². The highest BCUT2D eigenvalue weighted by atomic mass is 35.5. The molecule has 0 amide bonds. The predicted octanol–water partition coefficient (Wildman–Crippen LogP) is 3.89. The van der Waals surface area contributed by atoms with E-state index in [1.165, 1.54) is 31.2 Å². The molecule has 2 aliphatic rings. The molecule has 1 saturated heterocycles. The first-order valence-electron chi connectivity index (χ1n) is 6.77. The van der Waals surface area contributed by atoms with Crippen LogP contribution in [0.15, 0.2) is 30.3 Å². The van der Waals surface area contributed by atoms with E-state index in [1.54, 1.807) is 0 Å². The maximum atomic E-state index is 6.88. The summed E-state index contributed by atoms with van der Waals surface area (Å²) in [4.78, 5) is 0.0595. The summed E-state index contributed by atoms with van der Waals surface area (Å²) in [6.45, 7) is 1.06. The summed E-state index contributed by atoms with van der Waals surface area (Å²) in [5, 5.41) is 3.68. The van der Waals surface area contributed by atoms with Crippen molar-refractivity contribution in [3.05, 3.63) is 35.9 Å². The van der Waals surface area contributed by atoms with Crippen molar-refractivity contribution < 1.29 is 0 Å². The first kappa shape index (κ1) is 11.6. The van der Waals surface area contributed by atoms with E-state index < -0.39 is 0 Å². The number of piperidine rings is 1. The third kappa shape index (κ3) is 2.11. The monoisotopic (exact) mass is 249 g/mol. The van der Waals surface area contributed by atoms with Crippen molar-refractivity contribution in [3.8, 4) is 0 Å². The van der Waals surface area contributed by atoms with Crippen molar-refractivity contribution in [2.45, 2.75) is 43.0 Å². The van der Waals surface area contributed by atoms with Gasteiger partial charge in [0.2, 0.25) is 0 Å². The molecule has 1 saturated carbocycles. The molecule has 1 aromatic carbocycles. The summed E-state index contributed by atoms with van der Waals surface area (Å²) in [5.74, 6) is 0.606. The van der Waals surface area contributed by atoms with Crippen LogP contribution >= 0.6 is 11.6 Å². The second-order valence-electron chi connectivity index (χ2n) is 5.48. The van der Waals surface area contributed by atoms with Gasteiger partial charge in [-0.1, -0.05) is 43.2 Å². The molecule has 1 heterocycles. The molecule has 0 radical (unpaired) electrons. The number of fused-ring (bicyclic) bond motifs is 1. The van der Waals surface area contributed by atoms with E-state index in [1.807, 2.05) is 0 Å². The highest BCUT2D eigenvalue weighted by Crippen LogP contribution is 2.49. The van der Waals surface area contributed by atoms with Gasteiger partial charge in [0, 0.05) is 6.04 Å². The second kappa shape index (κ2) is 4.62. The van der Waals surface area contributed by atoms with Crippen LogP contribution in [0.25, 0.3) is 0 Å². The normalized spacial score (nSPS) is 37.5. The van der Waals surface area contributed by atoms with Gasteiger partial charge in [0.25, 0.3) is 0 Å². The Bertz CT molecular complexity index is 374. The Morgan fingerprint density at radius 2 is 1.94 bits per heavy atom. The molecule has 0 spiro atoms. The Hall–Kier alpha value is -0.530. The first-order chi connectivity index (χ1) is 8.30. The molecule has 1 aliphatic heterocycles. The van der Waals surface area contributed by atoms with E-state index >= 15 is 0 Å². The minimum Gasteiger partial charge on any atom is -0.310 e. The summed E-state index contributed by atoms with van der Waals surface area (Å²) in [6.07, 6.45) is 6.24. The Labute approximate surface area is 109 Å². The third-order valence-electron chi connectivity index (χ3n) is 4.49. The van der Waals surface area contributed by atoms with Crippen molar-refractivity contribution >= 4 is 11.6 Å². The van der Waals surface area contributed by atoms with Gasteiger partial charge in [-0.25, -0.2) is 0 Å². The average Bonchev–Trinajstić information content (AvgIpc) is 2.38. The lowest BCUT2D eigenvalue weighted by atomic mass is 9.69. The van der Waals surface area contributed by atoms with Crippen molar-refractivity contribution in [2.75, 3.05) is 6.54 Å². The Kier molecular flexibility index (Phi) is 3.14. The van der Waals surface area contributed by atoms with Gasteiger partial charge in [-0.05, 0) is 37.3 Å². The summed E-state index contributed by atoms with van der Waals surface area (Å²) < 4.78 is 0. The van der Waals surface area contributed by atoms with E-state index in [0.717, 1.165) is 13.0 Å². The van der Waals surface area contributed by atoms with Crippen LogP contribution in [-0.2, 0) is 0 Å². The van der Waals surface area contributed by atoms with Gasteiger partial charge in [-0.15, -0.1) is 11.6 Å². The number of hydrogen-bond donors (Lipinski definition) is 1. The topological polar surface area (TPSA) is 12.0 Å². The molecule has 3 atom stereocenters. The fourth-order valence-corrected chi connectivity index (χ4v) is 4.05. The maximum Gasteiger partial charge on any atom is 0.0505 e. The largest absolute Gasteiger partial charge is 0.310 e. The first-order valence-corrected chi connectivity index (χ1v) is 7.15. The Morgan fingerprint density at radius 3 is 2.76 bits per heavy atom. The molecule has 2 fully saturated rings. The highest BCUT2D eigenvalue weighted by Gasteiger charge is 2.45. The molecule has 1 nitrogen and oxygen atoms in total. The quantitative estimate of drug-likeness (QED) is 0.745. The molecule has 3 rings (SSSR count). The van der Waals surface area contributed by atoms with Crippen LogP contribution in [-0.4, -0.2) is 11.4 Å². The molecular formula is C15H20ClN. The number of hydrogen-bond acceptors (Lipinski definition) is 1. The number of nitrogens with one attached hydrogen (secondary N) is 1. The van der Waals surface area contributed by atoms with Crippen molar-refractivity contribution in [1.29, 1.82) is 0 Å². The van der Waals surface area contributed by atoms with Crippen LogP contribution in [0, 0.1) is 5.92 Å². The number of alkyl halides is 1. The third-order valence-corrected chi connectivity index (χ3v) is 5.15. The fourth-order valence-electron chi connectivity index (χ4n) is 3.59. The molecule has 1 N–H and O–H groups in total. The van der Waals surface area contributed by atoms with Gasteiger partial charge in [0.15, 0.2) is 0 Å². The molecule has 17 heavy (non-hydrogen) atoms. The van der Waals surface area contributed by atoms with Crippen LogP contribution in [0.1, 0.15) is 43.7 Å². The van der Waals surface area contributed by atoms with Crippen LogP contribution in [0.3, 0.4) is 0 Å². The van der Waals surface area contributed by atoms with Gasteiger partial charge in [0.05, 0.1) is 4.87 Å². The van der Waals surface area contributed by atoms with Crippen LogP contribution in [0.2, 0.25) is 0 Å². The van der Waals surface area contributed by atoms with Gasteiger partial charge in [-0.2, -0.15) is 0 Å². The number of halogens is 1. The minimum absolute atomic E-state index is 0.0595.